The second-order valence-corrected chi connectivity index (χ2v) is 12.9. The topological polar surface area (TPSA) is 108 Å². The SMILES string of the molecule is COc1cc(NC2NCC3C(=O)N4C/C=C\CCCN5C(=O)CCC6CCC(NC65)N4C3N2)ccc1N1CCN(C)CC1. The normalized spacial score (nSPS) is 34.6. The number of carbonyl (C=O) groups is 2. The first-order valence-corrected chi connectivity index (χ1v) is 16.2. The van der Waals surface area contributed by atoms with Crippen molar-refractivity contribution in [3.63, 3.8) is 0 Å². The predicted molar refractivity (Wildman–Crippen MR) is 165 cm³/mol. The Morgan fingerprint density at radius 2 is 1.84 bits per heavy atom. The number of allylic oxidation sites excluding steroid dienone is 1. The van der Waals surface area contributed by atoms with Gasteiger partial charge in [-0.1, -0.05) is 12.2 Å². The van der Waals surface area contributed by atoms with Crippen LogP contribution in [0.4, 0.5) is 11.4 Å². The van der Waals surface area contributed by atoms with Crippen LogP contribution in [0.5, 0.6) is 5.75 Å². The maximum atomic E-state index is 13.8. The molecule has 6 aliphatic rings. The van der Waals surface area contributed by atoms with E-state index in [4.69, 9.17) is 4.74 Å². The molecule has 7 rings (SSSR count). The Morgan fingerprint density at radius 3 is 2.67 bits per heavy atom. The number of amides is 2. The van der Waals surface area contributed by atoms with E-state index in [0.717, 1.165) is 82.0 Å². The first kappa shape index (κ1) is 28.8. The molecule has 6 aliphatic heterocycles. The Bertz CT molecular complexity index is 1220. The molecule has 43 heavy (non-hydrogen) atoms. The lowest BCUT2D eigenvalue weighted by Gasteiger charge is -2.51. The summed E-state index contributed by atoms with van der Waals surface area (Å²) in [5.74, 6) is 1.52. The van der Waals surface area contributed by atoms with Crippen LogP contribution in [0, 0.1) is 11.8 Å². The molecule has 0 saturated carbocycles. The summed E-state index contributed by atoms with van der Waals surface area (Å²) >= 11 is 0. The molecule has 12 heteroatoms. The van der Waals surface area contributed by atoms with Crippen LogP contribution in [-0.2, 0) is 9.59 Å². The first-order valence-electron chi connectivity index (χ1n) is 16.2. The minimum atomic E-state index is -0.228. The third-order valence-corrected chi connectivity index (χ3v) is 10.3. The molecule has 1 aromatic carbocycles. The Kier molecular flexibility index (Phi) is 8.21. The minimum Gasteiger partial charge on any atom is -0.495 e. The molecule has 5 fully saturated rings. The molecule has 4 N–H and O–H groups in total. The summed E-state index contributed by atoms with van der Waals surface area (Å²) in [5, 5.41) is 18.9. The monoisotopic (exact) mass is 593 g/mol. The van der Waals surface area contributed by atoms with Crippen molar-refractivity contribution in [3.05, 3.63) is 30.4 Å². The van der Waals surface area contributed by atoms with Gasteiger partial charge in [0.15, 0.2) is 0 Å². The van der Waals surface area contributed by atoms with Crippen molar-refractivity contribution in [1.82, 2.24) is 35.8 Å². The van der Waals surface area contributed by atoms with Crippen LogP contribution in [0.2, 0.25) is 0 Å². The summed E-state index contributed by atoms with van der Waals surface area (Å²) in [7, 11) is 3.89. The van der Waals surface area contributed by atoms with Crippen LogP contribution in [-0.4, -0.2) is 116 Å². The molecule has 0 radical (unpaired) electrons. The number of methoxy groups -OCH3 is 1. The van der Waals surface area contributed by atoms with E-state index < -0.39 is 0 Å². The third-order valence-electron chi connectivity index (χ3n) is 10.3. The van der Waals surface area contributed by atoms with Gasteiger partial charge in [0, 0.05) is 57.4 Å². The van der Waals surface area contributed by atoms with Gasteiger partial charge in [0.2, 0.25) is 11.8 Å². The molecule has 12 nitrogen and oxygen atoms in total. The Balaban J connectivity index is 1.10. The summed E-state index contributed by atoms with van der Waals surface area (Å²) in [6.45, 7) is 5.95. The summed E-state index contributed by atoms with van der Waals surface area (Å²) in [4.78, 5) is 33.6. The van der Waals surface area contributed by atoms with Crippen LogP contribution >= 0.6 is 0 Å². The number of piperidine rings is 2. The number of likely N-dealkylation sites (N-methyl/N-ethyl adjacent to an activating group) is 1. The number of ether oxygens (including phenoxy) is 1. The lowest BCUT2D eigenvalue weighted by Crippen LogP contribution is -2.70. The van der Waals surface area contributed by atoms with Crippen LogP contribution in [0.3, 0.4) is 0 Å². The quantitative estimate of drug-likeness (QED) is 0.377. The van der Waals surface area contributed by atoms with Gasteiger partial charge < -0.3 is 24.8 Å². The molecule has 6 unspecified atom stereocenters. The van der Waals surface area contributed by atoms with E-state index in [1.54, 1.807) is 7.11 Å². The van der Waals surface area contributed by atoms with Crippen molar-refractivity contribution in [2.45, 2.75) is 63.3 Å². The highest BCUT2D eigenvalue weighted by Gasteiger charge is 2.53. The molecule has 2 bridgehead atoms. The smallest absolute Gasteiger partial charge is 0.244 e. The number of nitrogens with one attached hydrogen (secondary N) is 4. The van der Waals surface area contributed by atoms with Gasteiger partial charge in [-0.15, -0.1) is 0 Å². The molecule has 5 saturated heterocycles. The molecule has 6 atom stereocenters. The van der Waals surface area contributed by atoms with Gasteiger partial charge >= 0.3 is 0 Å². The number of piperazine rings is 1. The molecule has 2 amide bonds. The molecule has 0 aromatic heterocycles. The summed E-state index contributed by atoms with van der Waals surface area (Å²) in [6, 6.07) is 6.31. The van der Waals surface area contributed by atoms with Gasteiger partial charge in [-0.2, -0.15) is 5.01 Å². The van der Waals surface area contributed by atoms with Gasteiger partial charge in [-0.05, 0) is 57.2 Å². The maximum Gasteiger partial charge on any atom is 0.244 e. The fraction of sp³-hybridized carbons (Fsp3) is 0.677. The van der Waals surface area contributed by atoms with E-state index in [0.29, 0.717) is 25.4 Å². The molecule has 0 aliphatic carbocycles. The molecular formula is C31H47N9O3. The number of fused-ring (bicyclic) bond motifs is 5. The van der Waals surface area contributed by atoms with E-state index in [1.807, 2.05) is 5.01 Å². The number of carbonyl (C=O) groups excluding carboxylic acids is 2. The summed E-state index contributed by atoms with van der Waals surface area (Å²) < 4.78 is 5.82. The number of hydrazine groups is 1. The summed E-state index contributed by atoms with van der Waals surface area (Å²) in [5.41, 5.74) is 2.07. The van der Waals surface area contributed by atoms with Crippen molar-refractivity contribution in [2.75, 3.05) is 70.2 Å². The van der Waals surface area contributed by atoms with Crippen LogP contribution in [0.15, 0.2) is 30.4 Å². The fourth-order valence-electron chi connectivity index (χ4n) is 7.87. The fourth-order valence-corrected chi connectivity index (χ4v) is 7.87. The second kappa shape index (κ2) is 12.2. The molecule has 0 spiro atoms. The van der Waals surface area contributed by atoms with Crippen molar-refractivity contribution in [1.29, 1.82) is 0 Å². The van der Waals surface area contributed by atoms with Gasteiger partial charge in [-0.3, -0.25) is 30.5 Å². The largest absolute Gasteiger partial charge is 0.495 e. The number of anilines is 2. The van der Waals surface area contributed by atoms with Crippen molar-refractivity contribution < 1.29 is 14.3 Å². The van der Waals surface area contributed by atoms with E-state index >= 15 is 0 Å². The van der Waals surface area contributed by atoms with Crippen LogP contribution in [0.25, 0.3) is 0 Å². The number of hydrogen-bond donors (Lipinski definition) is 4. The Labute approximate surface area is 254 Å². The molecular weight excluding hydrogens is 546 g/mol. The van der Waals surface area contributed by atoms with Gasteiger partial charge in [-0.25, -0.2) is 0 Å². The van der Waals surface area contributed by atoms with Gasteiger partial charge in [0.1, 0.15) is 12.0 Å². The van der Waals surface area contributed by atoms with Crippen molar-refractivity contribution in [3.8, 4) is 5.75 Å². The zero-order chi connectivity index (χ0) is 29.5. The lowest BCUT2D eigenvalue weighted by molar-refractivity contribution is -0.155. The molecule has 234 valence electrons. The average molecular weight is 594 g/mol. The molecule has 6 heterocycles. The molecule has 1 aromatic rings. The maximum absolute atomic E-state index is 13.8. The van der Waals surface area contributed by atoms with E-state index in [1.165, 1.54) is 0 Å². The van der Waals surface area contributed by atoms with Crippen molar-refractivity contribution in [2.24, 2.45) is 11.8 Å². The highest BCUT2D eigenvalue weighted by Crippen LogP contribution is 2.37. The van der Waals surface area contributed by atoms with E-state index in [-0.39, 0.29) is 42.5 Å². The Morgan fingerprint density at radius 1 is 0.977 bits per heavy atom. The second-order valence-electron chi connectivity index (χ2n) is 12.9. The zero-order valence-corrected chi connectivity index (χ0v) is 25.5. The Hall–Kier alpha value is -2.90. The van der Waals surface area contributed by atoms with Crippen LogP contribution in [0.1, 0.15) is 38.5 Å². The van der Waals surface area contributed by atoms with E-state index in [9.17, 15) is 9.59 Å². The number of rotatable bonds is 4. The highest BCUT2D eigenvalue weighted by atomic mass is 16.5. The lowest BCUT2D eigenvalue weighted by atomic mass is 9.85. The third kappa shape index (κ3) is 5.59. The predicted octanol–water partition coefficient (Wildman–Crippen LogP) is 0.961. The van der Waals surface area contributed by atoms with Crippen LogP contribution < -0.4 is 30.9 Å². The van der Waals surface area contributed by atoms with Gasteiger partial charge in [0.05, 0.1) is 43.8 Å². The highest BCUT2D eigenvalue weighted by molar-refractivity contribution is 5.82. The number of benzene rings is 1. The zero-order valence-electron chi connectivity index (χ0n) is 25.5. The number of hydrogen-bond acceptors (Lipinski definition) is 10. The minimum absolute atomic E-state index is 0.0290. The summed E-state index contributed by atoms with van der Waals surface area (Å²) in [6.07, 6.45) is 9.31. The van der Waals surface area contributed by atoms with E-state index in [2.05, 4.69) is 78.4 Å². The standard InChI is InChI=1S/C31H47N9O3/c1-36-15-17-37(18-16-36)24-10-9-22(19-25(24)43-2)33-31-32-20-23-29(35-31)40-26-11-7-21-8-12-27(41)38(28(21)34-26)13-5-3-4-6-14-39(40)30(23)42/h4,6,9-10,19,21,23,26,28-29,31-35H,3,5,7-8,11-18,20H2,1-2H3/b6-4-. The van der Waals surface area contributed by atoms with Crippen molar-refractivity contribution >= 4 is 23.2 Å². The van der Waals surface area contributed by atoms with Gasteiger partial charge in [0.25, 0.3) is 0 Å². The first-order chi connectivity index (χ1) is 21.0. The average Bonchev–Trinajstić information content (AvgIpc) is 3.29. The number of nitrogens with zero attached hydrogens (tertiary/aromatic N) is 5.